The van der Waals surface area contributed by atoms with Crippen molar-refractivity contribution in [2.75, 3.05) is 6.54 Å². The molecule has 0 atom stereocenters. The van der Waals surface area contributed by atoms with Gasteiger partial charge < -0.3 is 10.4 Å². The molecule has 1 amide bonds. The van der Waals surface area contributed by atoms with Crippen molar-refractivity contribution in [2.24, 2.45) is 0 Å². The Bertz CT molecular complexity index is 562. The van der Waals surface area contributed by atoms with Crippen molar-refractivity contribution >= 4 is 11.9 Å². The first-order chi connectivity index (χ1) is 10.3. The molecule has 1 rings (SSSR count). The molecule has 0 aliphatic heterocycles. The summed E-state index contributed by atoms with van der Waals surface area (Å²) in [6, 6.07) is 0. The second kappa shape index (κ2) is 9.01. The van der Waals surface area contributed by atoms with E-state index in [2.05, 4.69) is 5.32 Å². The lowest BCUT2D eigenvalue weighted by molar-refractivity contribution is 0.0682. The van der Waals surface area contributed by atoms with E-state index in [1.807, 2.05) is 13.8 Å². The molecule has 0 aliphatic rings. The van der Waals surface area contributed by atoms with Crippen LogP contribution in [0.2, 0.25) is 0 Å². The molecule has 0 aliphatic carbocycles. The zero-order chi connectivity index (χ0) is 17.4. The highest BCUT2D eigenvalue weighted by molar-refractivity contribution is 6.05. The van der Waals surface area contributed by atoms with E-state index in [-0.39, 0.29) is 6.54 Å². The monoisotopic (exact) mass is 323 g/mol. The topological polar surface area (TPSA) is 66.4 Å². The first kappa shape index (κ1) is 19.9. The summed E-state index contributed by atoms with van der Waals surface area (Å²) >= 11 is 0. The van der Waals surface area contributed by atoms with Crippen LogP contribution in [-0.4, -0.2) is 23.5 Å². The molecule has 0 radical (unpaired) electrons. The van der Waals surface area contributed by atoms with Crippen LogP contribution < -0.4 is 5.32 Å². The molecular formula is C14H17F4NO3. The number of benzene rings is 1. The van der Waals surface area contributed by atoms with E-state index in [1.54, 1.807) is 6.92 Å². The predicted molar refractivity (Wildman–Crippen MR) is 71.8 cm³/mol. The van der Waals surface area contributed by atoms with Crippen molar-refractivity contribution in [3.8, 4) is 0 Å². The summed E-state index contributed by atoms with van der Waals surface area (Å²) in [5.74, 6) is -12.0. The maximum atomic E-state index is 13.5. The number of hydrogen-bond donors (Lipinski definition) is 2. The number of hydrogen-bond acceptors (Lipinski definition) is 2. The minimum Gasteiger partial charge on any atom is -0.478 e. The molecule has 8 heteroatoms. The van der Waals surface area contributed by atoms with Gasteiger partial charge in [-0.2, -0.15) is 0 Å². The van der Waals surface area contributed by atoms with E-state index in [0.29, 0.717) is 12.8 Å². The molecule has 0 bridgehead atoms. The molecule has 0 unspecified atom stereocenters. The number of carbonyl (C=O) groups excluding carboxylic acids is 1. The smallest absolute Gasteiger partial charge is 0.339 e. The standard InChI is InChI=1S/C12H11F4NO3.C2H6/c1-2-3-4-17-11(18)5-6(12(19)20)8(14)10(16)9(15)7(5)13;1-2/h2-4H2,1H3,(H,17,18)(H,19,20);1-2H3. The molecule has 0 aromatic heterocycles. The predicted octanol–water partition coefficient (Wildman–Crippen LogP) is 3.50. The number of rotatable bonds is 5. The zero-order valence-electron chi connectivity index (χ0n) is 12.4. The van der Waals surface area contributed by atoms with Crippen molar-refractivity contribution in [3.05, 3.63) is 34.4 Å². The summed E-state index contributed by atoms with van der Waals surface area (Å²) in [4.78, 5) is 22.4. The molecule has 0 fully saturated rings. The molecule has 22 heavy (non-hydrogen) atoms. The van der Waals surface area contributed by atoms with Gasteiger partial charge in [-0.3, -0.25) is 4.79 Å². The van der Waals surface area contributed by atoms with Gasteiger partial charge in [-0.1, -0.05) is 27.2 Å². The highest BCUT2D eigenvalue weighted by Gasteiger charge is 2.32. The Morgan fingerprint density at radius 1 is 0.955 bits per heavy atom. The third kappa shape index (κ3) is 4.19. The number of carbonyl (C=O) groups is 2. The molecule has 4 nitrogen and oxygen atoms in total. The van der Waals surface area contributed by atoms with Crippen LogP contribution >= 0.6 is 0 Å². The maximum absolute atomic E-state index is 13.5. The molecule has 1 aromatic rings. The number of aromatic carboxylic acids is 1. The van der Waals surface area contributed by atoms with Gasteiger partial charge in [-0.05, 0) is 6.42 Å². The average Bonchev–Trinajstić information content (AvgIpc) is 2.50. The van der Waals surface area contributed by atoms with Crippen molar-refractivity contribution in [3.63, 3.8) is 0 Å². The van der Waals surface area contributed by atoms with Gasteiger partial charge in [0, 0.05) is 6.54 Å². The third-order valence-electron chi connectivity index (χ3n) is 2.52. The number of carboxylic acids is 1. The van der Waals surface area contributed by atoms with Crippen LogP contribution in [0.25, 0.3) is 0 Å². The largest absolute Gasteiger partial charge is 0.478 e. The van der Waals surface area contributed by atoms with Gasteiger partial charge in [0.1, 0.15) is 5.56 Å². The lowest BCUT2D eigenvalue weighted by Gasteiger charge is -2.10. The highest BCUT2D eigenvalue weighted by Crippen LogP contribution is 2.24. The van der Waals surface area contributed by atoms with Crippen LogP contribution in [0.3, 0.4) is 0 Å². The SMILES string of the molecule is CC.CCCCNC(=O)c1c(F)c(F)c(F)c(F)c1C(=O)O. The second-order valence-electron chi connectivity index (χ2n) is 3.92. The summed E-state index contributed by atoms with van der Waals surface area (Å²) in [6.45, 7) is 5.86. The summed E-state index contributed by atoms with van der Waals surface area (Å²) < 4.78 is 52.9. The van der Waals surface area contributed by atoms with E-state index in [9.17, 15) is 27.2 Å². The van der Waals surface area contributed by atoms with E-state index in [0.717, 1.165) is 0 Å². The molecule has 124 valence electrons. The molecule has 0 saturated heterocycles. The molecular weight excluding hydrogens is 306 g/mol. The highest BCUT2D eigenvalue weighted by atomic mass is 19.2. The molecule has 1 aromatic carbocycles. The lowest BCUT2D eigenvalue weighted by atomic mass is 10.0. The molecule has 0 spiro atoms. The van der Waals surface area contributed by atoms with Gasteiger partial charge in [0.15, 0.2) is 23.3 Å². The third-order valence-corrected chi connectivity index (χ3v) is 2.52. The van der Waals surface area contributed by atoms with Gasteiger partial charge in [-0.25, -0.2) is 22.4 Å². The number of carboxylic acid groups (broad SMARTS) is 1. The van der Waals surface area contributed by atoms with Gasteiger partial charge in [-0.15, -0.1) is 0 Å². The normalized spacial score (nSPS) is 9.77. The fraction of sp³-hybridized carbons (Fsp3) is 0.429. The van der Waals surface area contributed by atoms with Crippen LogP contribution in [0.15, 0.2) is 0 Å². The minimum atomic E-state index is -2.27. The number of nitrogens with one attached hydrogen (secondary N) is 1. The minimum absolute atomic E-state index is 0.0639. The number of amides is 1. The summed E-state index contributed by atoms with van der Waals surface area (Å²) in [6.07, 6.45) is 1.18. The van der Waals surface area contributed by atoms with E-state index in [1.165, 1.54) is 0 Å². The van der Waals surface area contributed by atoms with Gasteiger partial charge >= 0.3 is 5.97 Å². The first-order valence-corrected chi connectivity index (χ1v) is 6.70. The van der Waals surface area contributed by atoms with Crippen molar-refractivity contribution in [1.82, 2.24) is 5.32 Å². The second-order valence-corrected chi connectivity index (χ2v) is 3.92. The fourth-order valence-corrected chi connectivity index (χ4v) is 1.51. The molecule has 0 heterocycles. The molecule has 0 saturated carbocycles. The zero-order valence-corrected chi connectivity index (χ0v) is 12.4. The number of halogens is 4. The summed E-state index contributed by atoms with van der Waals surface area (Å²) in [7, 11) is 0. The van der Waals surface area contributed by atoms with Crippen molar-refractivity contribution in [2.45, 2.75) is 33.6 Å². The van der Waals surface area contributed by atoms with Crippen molar-refractivity contribution in [1.29, 1.82) is 0 Å². The van der Waals surface area contributed by atoms with Gasteiger partial charge in [0.2, 0.25) is 0 Å². The lowest BCUT2D eigenvalue weighted by Crippen LogP contribution is -2.29. The first-order valence-electron chi connectivity index (χ1n) is 6.70. The number of unbranched alkanes of at least 4 members (excludes halogenated alkanes) is 1. The van der Waals surface area contributed by atoms with Crippen LogP contribution in [-0.2, 0) is 0 Å². The summed E-state index contributed by atoms with van der Waals surface area (Å²) in [5, 5.41) is 10.8. The van der Waals surface area contributed by atoms with Gasteiger partial charge in [0.05, 0.1) is 5.56 Å². The van der Waals surface area contributed by atoms with Crippen LogP contribution in [0, 0.1) is 23.3 Å². The van der Waals surface area contributed by atoms with E-state index >= 15 is 0 Å². The van der Waals surface area contributed by atoms with E-state index in [4.69, 9.17) is 5.11 Å². The Kier molecular flexibility index (Phi) is 8.14. The summed E-state index contributed by atoms with van der Waals surface area (Å²) in [5.41, 5.74) is -2.89. The Balaban J connectivity index is 0.00000211. The van der Waals surface area contributed by atoms with Crippen molar-refractivity contribution < 1.29 is 32.3 Å². The van der Waals surface area contributed by atoms with Crippen LogP contribution in [0.5, 0.6) is 0 Å². The quantitative estimate of drug-likeness (QED) is 0.377. The molecule has 2 N–H and O–H groups in total. The maximum Gasteiger partial charge on any atom is 0.339 e. The average molecular weight is 323 g/mol. The Labute approximate surface area is 125 Å². The van der Waals surface area contributed by atoms with Gasteiger partial charge in [0.25, 0.3) is 5.91 Å². The van der Waals surface area contributed by atoms with Crippen LogP contribution in [0.1, 0.15) is 54.3 Å². The van der Waals surface area contributed by atoms with Crippen LogP contribution in [0.4, 0.5) is 17.6 Å². The Morgan fingerprint density at radius 3 is 1.82 bits per heavy atom. The fourth-order valence-electron chi connectivity index (χ4n) is 1.51. The van der Waals surface area contributed by atoms with E-state index < -0.39 is 46.3 Å². The Hall–Kier alpha value is -2.12. The Morgan fingerprint density at radius 2 is 1.41 bits per heavy atom.